The molecule has 0 aromatic carbocycles. The average molecular weight is 297 g/mol. The maximum atomic E-state index is 11.5. The second-order valence-corrected chi connectivity index (χ2v) is 6.86. The molecule has 1 heterocycles. The van der Waals surface area contributed by atoms with Crippen molar-refractivity contribution in [1.29, 1.82) is 0 Å². The molecular weight excluding hydrogens is 274 g/mol. The largest absolute Gasteiger partial charge is 0.481 e. The van der Waals surface area contributed by atoms with E-state index in [2.05, 4.69) is 17.1 Å². The van der Waals surface area contributed by atoms with Gasteiger partial charge in [-0.25, -0.2) is 0 Å². The first-order valence-corrected chi connectivity index (χ1v) is 8.16. The van der Waals surface area contributed by atoms with Gasteiger partial charge in [-0.1, -0.05) is 31.5 Å². The van der Waals surface area contributed by atoms with Gasteiger partial charge in [-0.15, -0.1) is 10.2 Å². The Morgan fingerprint density at radius 1 is 1.45 bits per heavy atom. The van der Waals surface area contributed by atoms with Crippen LogP contribution >= 0.6 is 11.8 Å². The van der Waals surface area contributed by atoms with Crippen molar-refractivity contribution in [3.05, 3.63) is 5.82 Å². The Balaban J connectivity index is 2.11. The molecule has 3 atom stereocenters. The van der Waals surface area contributed by atoms with E-state index in [0.717, 1.165) is 30.2 Å². The fourth-order valence-corrected chi connectivity index (χ4v) is 4.35. The number of hydrogen-bond donors (Lipinski definition) is 1. The summed E-state index contributed by atoms with van der Waals surface area (Å²) >= 11 is 1.59. The van der Waals surface area contributed by atoms with Crippen molar-refractivity contribution >= 4 is 17.7 Å². The molecule has 1 aromatic rings. The highest BCUT2D eigenvalue weighted by Gasteiger charge is 2.36. The molecule has 1 fully saturated rings. The highest BCUT2D eigenvalue weighted by molar-refractivity contribution is 7.99. The third-order valence-corrected chi connectivity index (χ3v) is 5.61. The van der Waals surface area contributed by atoms with Crippen LogP contribution in [0.25, 0.3) is 0 Å². The van der Waals surface area contributed by atoms with Crippen LogP contribution in [0.4, 0.5) is 0 Å². The van der Waals surface area contributed by atoms with Gasteiger partial charge in [0.05, 0.1) is 5.92 Å². The molecule has 20 heavy (non-hydrogen) atoms. The third kappa shape index (κ3) is 3.34. The van der Waals surface area contributed by atoms with Crippen molar-refractivity contribution in [3.8, 4) is 0 Å². The van der Waals surface area contributed by atoms with Crippen LogP contribution in [0.5, 0.6) is 0 Å². The lowest BCUT2D eigenvalue weighted by atomic mass is 9.80. The summed E-state index contributed by atoms with van der Waals surface area (Å²) < 4.78 is 1.94. The Labute approximate surface area is 124 Å². The smallest absolute Gasteiger partial charge is 0.307 e. The minimum absolute atomic E-state index is 0.111. The second kappa shape index (κ2) is 6.61. The summed E-state index contributed by atoms with van der Waals surface area (Å²) in [5, 5.41) is 18.6. The molecule has 112 valence electrons. The Kier molecular flexibility index (Phi) is 5.07. The van der Waals surface area contributed by atoms with Gasteiger partial charge in [0.25, 0.3) is 0 Å². The Morgan fingerprint density at radius 3 is 2.75 bits per heavy atom. The van der Waals surface area contributed by atoms with E-state index in [1.165, 1.54) is 12.8 Å². The van der Waals surface area contributed by atoms with Crippen molar-refractivity contribution in [3.63, 3.8) is 0 Å². The minimum atomic E-state index is -0.670. The number of aliphatic carboxylic acids is 1. The van der Waals surface area contributed by atoms with Gasteiger partial charge in [0.15, 0.2) is 5.16 Å². The lowest BCUT2D eigenvalue weighted by Crippen LogP contribution is -2.33. The number of thioether (sulfide) groups is 1. The van der Waals surface area contributed by atoms with E-state index < -0.39 is 5.97 Å². The van der Waals surface area contributed by atoms with Crippen LogP contribution in [0.1, 0.15) is 44.9 Å². The normalized spacial score (nSPS) is 26.6. The molecule has 1 saturated carbocycles. The molecule has 0 bridgehead atoms. The molecule has 1 aromatic heterocycles. The molecule has 0 saturated heterocycles. The predicted molar refractivity (Wildman–Crippen MR) is 78.8 cm³/mol. The second-order valence-electron chi connectivity index (χ2n) is 5.66. The molecule has 2 rings (SSSR count). The number of aryl methyl sites for hydroxylation is 1. The van der Waals surface area contributed by atoms with Gasteiger partial charge in [0.1, 0.15) is 5.82 Å². The summed E-state index contributed by atoms with van der Waals surface area (Å²) in [5.41, 5.74) is 0. The lowest BCUT2D eigenvalue weighted by Gasteiger charge is -2.33. The van der Waals surface area contributed by atoms with Crippen molar-refractivity contribution in [2.24, 2.45) is 18.9 Å². The summed E-state index contributed by atoms with van der Waals surface area (Å²) in [6, 6.07) is 0. The van der Waals surface area contributed by atoms with E-state index in [0.29, 0.717) is 5.92 Å². The Hall–Kier alpha value is -1.04. The van der Waals surface area contributed by atoms with E-state index in [-0.39, 0.29) is 11.2 Å². The van der Waals surface area contributed by atoms with Crippen LogP contribution in [-0.4, -0.2) is 31.1 Å². The molecule has 0 aliphatic heterocycles. The minimum Gasteiger partial charge on any atom is -0.481 e. The molecule has 1 aliphatic carbocycles. The zero-order valence-corrected chi connectivity index (χ0v) is 13.2. The first-order chi connectivity index (χ1) is 9.52. The SMILES string of the molecule is CCCC1CCC(C(=O)O)C(Sc2nnc(C)n2C)C1. The number of carbonyl (C=O) groups is 1. The van der Waals surface area contributed by atoms with Gasteiger partial charge in [0, 0.05) is 12.3 Å². The van der Waals surface area contributed by atoms with E-state index in [1.807, 2.05) is 18.5 Å². The maximum absolute atomic E-state index is 11.5. The van der Waals surface area contributed by atoms with Crippen molar-refractivity contribution in [2.45, 2.75) is 56.4 Å². The van der Waals surface area contributed by atoms with Gasteiger partial charge in [-0.2, -0.15) is 0 Å². The van der Waals surface area contributed by atoms with Crippen molar-refractivity contribution in [2.75, 3.05) is 0 Å². The fraction of sp³-hybridized carbons (Fsp3) is 0.786. The lowest BCUT2D eigenvalue weighted by molar-refractivity contribution is -0.142. The number of nitrogens with zero attached hydrogens (tertiary/aromatic N) is 3. The van der Waals surface area contributed by atoms with E-state index in [4.69, 9.17) is 0 Å². The zero-order chi connectivity index (χ0) is 14.7. The molecular formula is C14H23N3O2S. The number of carboxylic acids is 1. The molecule has 1 N–H and O–H groups in total. The summed E-state index contributed by atoms with van der Waals surface area (Å²) in [7, 11) is 1.93. The molecule has 0 amide bonds. The van der Waals surface area contributed by atoms with Crippen molar-refractivity contribution in [1.82, 2.24) is 14.8 Å². The predicted octanol–water partition coefficient (Wildman–Crippen LogP) is 2.89. The fourth-order valence-electron chi connectivity index (χ4n) is 2.92. The highest BCUT2D eigenvalue weighted by Crippen LogP contribution is 2.40. The van der Waals surface area contributed by atoms with Crippen LogP contribution in [0, 0.1) is 18.8 Å². The zero-order valence-electron chi connectivity index (χ0n) is 12.4. The standard InChI is InChI=1S/C14H23N3O2S/c1-4-5-10-6-7-11(13(18)19)12(8-10)20-14-16-15-9(2)17(14)3/h10-12H,4-8H2,1-3H3,(H,18,19). The molecule has 6 heteroatoms. The number of rotatable bonds is 5. The van der Waals surface area contributed by atoms with E-state index in [9.17, 15) is 9.90 Å². The Morgan fingerprint density at radius 2 is 2.20 bits per heavy atom. The maximum Gasteiger partial charge on any atom is 0.307 e. The van der Waals surface area contributed by atoms with Crippen LogP contribution in [0.3, 0.4) is 0 Å². The van der Waals surface area contributed by atoms with Crippen LogP contribution < -0.4 is 0 Å². The molecule has 0 spiro atoms. The van der Waals surface area contributed by atoms with Gasteiger partial charge in [-0.05, 0) is 32.1 Å². The van der Waals surface area contributed by atoms with Gasteiger partial charge in [0.2, 0.25) is 0 Å². The molecule has 0 radical (unpaired) electrons. The van der Waals surface area contributed by atoms with E-state index in [1.54, 1.807) is 11.8 Å². The van der Waals surface area contributed by atoms with Crippen LogP contribution in [0.2, 0.25) is 0 Å². The van der Waals surface area contributed by atoms with Crippen LogP contribution in [0.15, 0.2) is 5.16 Å². The van der Waals surface area contributed by atoms with E-state index >= 15 is 0 Å². The molecule has 5 nitrogen and oxygen atoms in total. The van der Waals surface area contributed by atoms with Crippen LogP contribution in [-0.2, 0) is 11.8 Å². The number of hydrogen-bond acceptors (Lipinski definition) is 4. The van der Waals surface area contributed by atoms with Gasteiger partial charge in [-0.3, -0.25) is 4.79 Å². The summed E-state index contributed by atoms with van der Waals surface area (Å²) in [6.07, 6.45) is 5.17. The Bertz CT molecular complexity index is 475. The topological polar surface area (TPSA) is 68.0 Å². The molecule has 1 aliphatic rings. The third-order valence-electron chi connectivity index (χ3n) is 4.22. The average Bonchev–Trinajstić information content (AvgIpc) is 2.71. The molecule has 3 unspecified atom stereocenters. The van der Waals surface area contributed by atoms with Crippen molar-refractivity contribution < 1.29 is 9.90 Å². The summed E-state index contributed by atoms with van der Waals surface area (Å²) in [5.74, 6) is 0.587. The number of aromatic nitrogens is 3. The monoisotopic (exact) mass is 297 g/mol. The van der Waals surface area contributed by atoms with Gasteiger partial charge >= 0.3 is 5.97 Å². The summed E-state index contributed by atoms with van der Waals surface area (Å²) in [6.45, 7) is 4.10. The summed E-state index contributed by atoms with van der Waals surface area (Å²) in [4.78, 5) is 11.5. The first-order valence-electron chi connectivity index (χ1n) is 7.28. The van der Waals surface area contributed by atoms with Gasteiger partial charge < -0.3 is 9.67 Å². The first kappa shape index (κ1) is 15.4. The highest BCUT2D eigenvalue weighted by atomic mass is 32.2. The quantitative estimate of drug-likeness (QED) is 0.905. The number of carboxylic acid groups (broad SMARTS) is 1.